The van der Waals surface area contributed by atoms with Crippen molar-refractivity contribution in [3.63, 3.8) is 0 Å². The summed E-state index contributed by atoms with van der Waals surface area (Å²) in [6, 6.07) is 8.63. The fourth-order valence-corrected chi connectivity index (χ4v) is 1.50. The van der Waals surface area contributed by atoms with Gasteiger partial charge in [-0.05, 0) is 18.2 Å². The average molecular weight is 163 g/mol. The van der Waals surface area contributed by atoms with E-state index in [0.29, 0.717) is 0 Å². The molecule has 0 bridgehead atoms. The highest BCUT2D eigenvalue weighted by atomic mass is 15.1. The molecule has 1 heteroatoms. The second-order valence-electron chi connectivity index (χ2n) is 2.94. The lowest BCUT2D eigenvalue weighted by atomic mass is 10.1. The number of fused-ring (bicyclic) bond motifs is 1. The van der Waals surface area contributed by atoms with Crippen LogP contribution in [0, 0.1) is 0 Å². The smallest absolute Gasteiger partial charge is 0.0237 e. The Balaban J connectivity index is 0.000000336. The van der Waals surface area contributed by atoms with Crippen LogP contribution < -0.4 is 0 Å². The van der Waals surface area contributed by atoms with Crippen LogP contribution in [0.15, 0.2) is 24.3 Å². The topological polar surface area (TPSA) is 3.24 Å². The van der Waals surface area contributed by atoms with Gasteiger partial charge in [-0.2, -0.15) is 0 Å². The first-order valence-electron chi connectivity index (χ1n) is 4.61. The van der Waals surface area contributed by atoms with E-state index >= 15 is 0 Å². The van der Waals surface area contributed by atoms with E-state index in [9.17, 15) is 0 Å². The first-order valence-corrected chi connectivity index (χ1v) is 4.61. The highest BCUT2D eigenvalue weighted by Gasteiger charge is 2.12. The lowest BCUT2D eigenvalue weighted by molar-refractivity contribution is 0.353. The molecule has 0 aromatic heterocycles. The second kappa shape index (κ2) is 4.27. The van der Waals surface area contributed by atoms with Crippen LogP contribution in [0.4, 0.5) is 0 Å². The van der Waals surface area contributed by atoms with Gasteiger partial charge in [0.1, 0.15) is 0 Å². The van der Waals surface area contributed by atoms with Crippen molar-refractivity contribution in [3.8, 4) is 0 Å². The lowest BCUT2D eigenvalue weighted by Gasteiger charge is -2.02. The van der Waals surface area contributed by atoms with E-state index in [4.69, 9.17) is 0 Å². The summed E-state index contributed by atoms with van der Waals surface area (Å²) in [5.41, 5.74) is 2.98. The number of hydrogen-bond donors (Lipinski definition) is 0. The van der Waals surface area contributed by atoms with Crippen molar-refractivity contribution in [3.05, 3.63) is 35.4 Å². The van der Waals surface area contributed by atoms with Gasteiger partial charge in [-0.3, -0.25) is 4.90 Å². The molecule has 0 amide bonds. The van der Waals surface area contributed by atoms with Gasteiger partial charge >= 0.3 is 0 Å². The Morgan fingerprint density at radius 1 is 1.00 bits per heavy atom. The number of benzene rings is 1. The second-order valence-corrected chi connectivity index (χ2v) is 2.94. The maximum absolute atomic E-state index is 2.32. The SMILES string of the molecule is CC.CN1Cc2ccccc2C1. The molecule has 0 saturated heterocycles. The van der Waals surface area contributed by atoms with E-state index in [1.54, 1.807) is 0 Å². The highest BCUT2D eigenvalue weighted by Crippen LogP contribution is 2.19. The van der Waals surface area contributed by atoms with Crippen LogP contribution >= 0.6 is 0 Å². The van der Waals surface area contributed by atoms with Crippen LogP contribution in [0.1, 0.15) is 25.0 Å². The van der Waals surface area contributed by atoms with Gasteiger partial charge in [0.15, 0.2) is 0 Å². The van der Waals surface area contributed by atoms with E-state index in [-0.39, 0.29) is 0 Å². The number of hydrogen-bond acceptors (Lipinski definition) is 1. The maximum atomic E-state index is 2.32. The molecule has 0 spiro atoms. The van der Waals surface area contributed by atoms with E-state index in [1.807, 2.05) is 13.8 Å². The Kier molecular flexibility index (Phi) is 3.30. The molecule has 1 aromatic carbocycles. The minimum absolute atomic E-state index is 1.12. The zero-order valence-corrected chi connectivity index (χ0v) is 8.17. The lowest BCUT2D eigenvalue weighted by Crippen LogP contribution is -2.07. The van der Waals surface area contributed by atoms with Crippen molar-refractivity contribution in [1.82, 2.24) is 4.90 Å². The summed E-state index contributed by atoms with van der Waals surface area (Å²) in [6.07, 6.45) is 0. The summed E-state index contributed by atoms with van der Waals surface area (Å²) in [6.45, 7) is 6.24. The van der Waals surface area contributed by atoms with Gasteiger partial charge in [-0.1, -0.05) is 38.1 Å². The molecule has 0 fully saturated rings. The molecular formula is C11H17N. The predicted octanol–water partition coefficient (Wildman–Crippen LogP) is 2.66. The molecule has 66 valence electrons. The maximum Gasteiger partial charge on any atom is 0.0237 e. The Morgan fingerprint density at radius 3 is 1.83 bits per heavy atom. The first-order chi connectivity index (χ1) is 5.86. The Labute approximate surface area is 75.0 Å². The fraction of sp³-hybridized carbons (Fsp3) is 0.455. The van der Waals surface area contributed by atoms with Gasteiger partial charge < -0.3 is 0 Å². The van der Waals surface area contributed by atoms with Gasteiger partial charge in [0.05, 0.1) is 0 Å². The monoisotopic (exact) mass is 163 g/mol. The molecule has 2 rings (SSSR count). The minimum atomic E-state index is 1.12. The van der Waals surface area contributed by atoms with Crippen LogP contribution in [0.2, 0.25) is 0 Å². The molecule has 1 nitrogen and oxygen atoms in total. The number of rotatable bonds is 0. The molecule has 1 aromatic rings. The third-order valence-electron chi connectivity index (χ3n) is 2.00. The minimum Gasteiger partial charge on any atom is -0.298 e. The molecule has 12 heavy (non-hydrogen) atoms. The van der Waals surface area contributed by atoms with Crippen molar-refractivity contribution >= 4 is 0 Å². The van der Waals surface area contributed by atoms with Gasteiger partial charge in [-0.15, -0.1) is 0 Å². The summed E-state index contributed by atoms with van der Waals surface area (Å²) >= 11 is 0. The van der Waals surface area contributed by atoms with Crippen molar-refractivity contribution in [1.29, 1.82) is 0 Å². The van der Waals surface area contributed by atoms with Gasteiger partial charge in [-0.25, -0.2) is 0 Å². The Bertz CT molecular complexity index is 218. The molecule has 0 aliphatic carbocycles. The van der Waals surface area contributed by atoms with E-state index in [0.717, 1.165) is 13.1 Å². The summed E-state index contributed by atoms with van der Waals surface area (Å²) < 4.78 is 0. The average Bonchev–Trinajstić information content (AvgIpc) is 2.48. The van der Waals surface area contributed by atoms with Crippen LogP contribution in [0.3, 0.4) is 0 Å². The molecule has 0 N–H and O–H groups in total. The molecule has 0 unspecified atom stereocenters. The quantitative estimate of drug-likeness (QED) is 0.568. The van der Waals surface area contributed by atoms with Gasteiger partial charge in [0.2, 0.25) is 0 Å². The van der Waals surface area contributed by atoms with Crippen LogP contribution in [0.5, 0.6) is 0 Å². The van der Waals surface area contributed by atoms with E-state index in [2.05, 4.69) is 36.2 Å². The fourth-order valence-electron chi connectivity index (χ4n) is 1.50. The van der Waals surface area contributed by atoms with Crippen molar-refractivity contribution in [2.75, 3.05) is 7.05 Å². The molecular weight excluding hydrogens is 146 g/mol. The summed E-state index contributed by atoms with van der Waals surface area (Å²) in [5, 5.41) is 0. The van der Waals surface area contributed by atoms with Crippen LogP contribution in [0.25, 0.3) is 0 Å². The third kappa shape index (κ3) is 1.86. The zero-order valence-electron chi connectivity index (χ0n) is 8.17. The normalized spacial score (nSPS) is 14.9. The molecule has 0 saturated carbocycles. The Hall–Kier alpha value is -0.820. The van der Waals surface area contributed by atoms with Crippen LogP contribution in [-0.4, -0.2) is 11.9 Å². The molecule has 1 aliphatic rings. The largest absolute Gasteiger partial charge is 0.298 e. The van der Waals surface area contributed by atoms with E-state index < -0.39 is 0 Å². The third-order valence-corrected chi connectivity index (χ3v) is 2.00. The highest BCUT2D eigenvalue weighted by molar-refractivity contribution is 5.29. The Morgan fingerprint density at radius 2 is 1.42 bits per heavy atom. The molecule has 1 aliphatic heterocycles. The predicted molar refractivity (Wildman–Crippen MR) is 53.0 cm³/mol. The van der Waals surface area contributed by atoms with Gasteiger partial charge in [0, 0.05) is 13.1 Å². The van der Waals surface area contributed by atoms with Crippen molar-refractivity contribution in [2.24, 2.45) is 0 Å². The first kappa shape index (κ1) is 9.27. The summed E-state index contributed by atoms with van der Waals surface area (Å²) in [4.78, 5) is 2.32. The molecule has 1 heterocycles. The van der Waals surface area contributed by atoms with Crippen molar-refractivity contribution < 1.29 is 0 Å². The van der Waals surface area contributed by atoms with Gasteiger partial charge in [0.25, 0.3) is 0 Å². The number of nitrogens with zero attached hydrogens (tertiary/aromatic N) is 1. The zero-order chi connectivity index (χ0) is 8.97. The van der Waals surface area contributed by atoms with Crippen molar-refractivity contribution in [2.45, 2.75) is 26.9 Å². The van der Waals surface area contributed by atoms with Crippen LogP contribution in [-0.2, 0) is 13.1 Å². The molecule has 0 radical (unpaired) electrons. The summed E-state index contributed by atoms with van der Waals surface area (Å²) in [7, 11) is 2.15. The van der Waals surface area contributed by atoms with E-state index in [1.165, 1.54) is 11.1 Å². The summed E-state index contributed by atoms with van der Waals surface area (Å²) in [5.74, 6) is 0. The molecule has 0 atom stereocenters. The standard InChI is InChI=1S/C9H11N.C2H6/c1-10-6-8-4-2-3-5-9(8)7-10;1-2/h2-5H,6-7H2,1H3;1-2H3.